The molecule has 0 aliphatic rings. The highest BCUT2D eigenvalue weighted by molar-refractivity contribution is 5.95. The zero-order chi connectivity index (χ0) is 13.8. The van der Waals surface area contributed by atoms with Gasteiger partial charge in [0.25, 0.3) is 5.91 Å². The summed E-state index contributed by atoms with van der Waals surface area (Å²) in [5.41, 5.74) is 9.51. The lowest BCUT2D eigenvalue weighted by molar-refractivity contribution is 0.0827. The van der Waals surface area contributed by atoms with E-state index < -0.39 is 0 Å². The lowest BCUT2D eigenvalue weighted by Gasteiger charge is -2.11. The summed E-state index contributed by atoms with van der Waals surface area (Å²) in [5.74, 6) is 0.0143. The minimum atomic E-state index is 0.0143. The first-order valence-electron chi connectivity index (χ1n) is 6.23. The number of carbonyl (C=O) groups excluding carboxylic acids is 1. The topological polar surface area (TPSA) is 46.3 Å². The first-order valence-corrected chi connectivity index (χ1v) is 6.23. The molecule has 19 heavy (non-hydrogen) atoms. The van der Waals surface area contributed by atoms with Crippen LogP contribution in [0.4, 0.5) is 0 Å². The van der Waals surface area contributed by atoms with Gasteiger partial charge in [-0.25, -0.2) is 0 Å². The van der Waals surface area contributed by atoms with Crippen LogP contribution in [0.1, 0.15) is 15.9 Å². The van der Waals surface area contributed by atoms with E-state index in [1.54, 1.807) is 19.0 Å². The molecule has 2 N–H and O–H groups in total. The van der Waals surface area contributed by atoms with Gasteiger partial charge in [-0.2, -0.15) is 0 Å². The van der Waals surface area contributed by atoms with Crippen molar-refractivity contribution < 1.29 is 4.79 Å². The van der Waals surface area contributed by atoms with Gasteiger partial charge >= 0.3 is 0 Å². The number of nitrogens with zero attached hydrogens (tertiary/aromatic N) is 1. The van der Waals surface area contributed by atoms with Gasteiger partial charge in [-0.3, -0.25) is 4.79 Å². The molecule has 0 heterocycles. The molecule has 0 bridgehead atoms. The van der Waals surface area contributed by atoms with Gasteiger partial charge in [0.15, 0.2) is 0 Å². The lowest BCUT2D eigenvalue weighted by Crippen LogP contribution is -2.21. The van der Waals surface area contributed by atoms with Crippen LogP contribution in [0.3, 0.4) is 0 Å². The SMILES string of the molecule is CN(C)C(=O)c1cccc(-c2ccc(CN)cc2)c1. The summed E-state index contributed by atoms with van der Waals surface area (Å²) in [6.45, 7) is 0.541. The van der Waals surface area contributed by atoms with Gasteiger partial charge in [-0.1, -0.05) is 36.4 Å². The molecule has 1 amide bonds. The molecule has 0 spiro atoms. The van der Waals surface area contributed by atoms with Crippen molar-refractivity contribution in [2.24, 2.45) is 5.73 Å². The van der Waals surface area contributed by atoms with Crippen LogP contribution in [0.5, 0.6) is 0 Å². The van der Waals surface area contributed by atoms with Crippen LogP contribution in [0.25, 0.3) is 11.1 Å². The van der Waals surface area contributed by atoms with Crippen LogP contribution in [0.15, 0.2) is 48.5 Å². The number of hydrogen-bond donors (Lipinski definition) is 1. The van der Waals surface area contributed by atoms with Crippen LogP contribution < -0.4 is 5.73 Å². The standard InChI is InChI=1S/C16H18N2O/c1-18(2)16(19)15-5-3-4-14(10-15)13-8-6-12(11-17)7-9-13/h3-10H,11,17H2,1-2H3. The average Bonchev–Trinajstić information content (AvgIpc) is 2.46. The molecule has 98 valence electrons. The van der Waals surface area contributed by atoms with Gasteiger partial charge in [0.05, 0.1) is 0 Å². The number of amides is 1. The van der Waals surface area contributed by atoms with Crippen molar-refractivity contribution in [3.63, 3.8) is 0 Å². The third-order valence-electron chi connectivity index (χ3n) is 3.04. The summed E-state index contributed by atoms with van der Waals surface area (Å²) in [6, 6.07) is 15.7. The molecule has 0 atom stereocenters. The van der Waals surface area contributed by atoms with Gasteiger partial charge in [-0.15, -0.1) is 0 Å². The Morgan fingerprint density at radius 2 is 1.74 bits per heavy atom. The van der Waals surface area contributed by atoms with Crippen molar-refractivity contribution in [2.45, 2.75) is 6.54 Å². The van der Waals surface area contributed by atoms with Crippen molar-refractivity contribution in [3.05, 3.63) is 59.7 Å². The van der Waals surface area contributed by atoms with Crippen LogP contribution >= 0.6 is 0 Å². The molecular weight excluding hydrogens is 236 g/mol. The fraction of sp³-hybridized carbons (Fsp3) is 0.188. The van der Waals surface area contributed by atoms with E-state index in [-0.39, 0.29) is 5.91 Å². The fourth-order valence-corrected chi connectivity index (χ4v) is 1.92. The largest absolute Gasteiger partial charge is 0.345 e. The zero-order valence-electron chi connectivity index (χ0n) is 11.3. The molecule has 3 heteroatoms. The number of rotatable bonds is 3. The van der Waals surface area contributed by atoms with Crippen LogP contribution in [0, 0.1) is 0 Å². The van der Waals surface area contributed by atoms with Gasteiger partial charge in [0.2, 0.25) is 0 Å². The molecule has 0 fully saturated rings. The van der Waals surface area contributed by atoms with Gasteiger partial charge in [0.1, 0.15) is 0 Å². The summed E-state index contributed by atoms with van der Waals surface area (Å²) in [7, 11) is 3.51. The Labute approximate surface area is 113 Å². The van der Waals surface area contributed by atoms with Crippen molar-refractivity contribution in [2.75, 3.05) is 14.1 Å². The smallest absolute Gasteiger partial charge is 0.253 e. The summed E-state index contributed by atoms with van der Waals surface area (Å²) in [4.78, 5) is 13.5. The molecule has 0 saturated carbocycles. The second kappa shape index (κ2) is 5.67. The van der Waals surface area contributed by atoms with Gasteiger partial charge < -0.3 is 10.6 Å². The predicted molar refractivity (Wildman–Crippen MR) is 77.8 cm³/mol. The van der Waals surface area contributed by atoms with Gasteiger partial charge in [0, 0.05) is 26.2 Å². The molecule has 2 aromatic carbocycles. The Morgan fingerprint density at radius 1 is 1.05 bits per heavy atom. The summed E-state index contributed by atoms with van der Waals surface area (Å²) in [5, 5.41) is 0. The molecule has 0 aliphatic heterocycles. The third-order valence-corrected chi connectivity index (χ3v) is 3.04. The average molecular weight is 254 g/mol. The lowest BCUT2D eigenvalue weighted by atomic mass is 10.0. The van der Waals surface area contributed by atoms with E-state index in [9.17, 15) is 4.79 Å². The molecule has 0 unspecified atom stereocenters. The third kappa shape index (κ3) is 3.01. The minimum absolute atomic E-state index is 0.0143. The zero-order valence-corrected chi connectivity index (χ0v) is 11.3. The highest BCUT2D eigenvalue weighted by Gasteiger charge is 2.08. The second-order valence-corrected chi connectivity index (χ2v) is 4.68. The quantitative estimate of drug-likeness (QED) is 0.914. The van der Waals surface area contributed by atoms with E-state index >= 15 is 0 Å². The normalized spacial score (nSPS) is 10.3. The monoisotopic (exact) mass is 254 g/mol. The van der Waals surface area contributed by atoms with E-state index in [1.165, 1.54) is 0 Å². The molecule has 3 nitrogen and oxygen atoms in total. The van der Waals surface area contributed by atoms with Crippen molar-refractivity contribution in [3.8, 4) is 11.1 Å². The number of benzene rings is 2. The highest BCUT2D eigenvalue weighted by Crippen LogP contribution is 2.21. The number of carbonyl (C=O) groups is 1. The van der Waals surface area contributed by atoms with Crippen LogP contribution in [-0.4, -0.2) is 24.9 Å². The Bertz CT molecular complexity index is 574. The van der Waals surface area contributed by atoms with E-state index in [0.29, 0.717) is 12.1 Å². The predicted octanol–water partition coefficient (Wildman–Crippen LogP) is 2.51. The molecule has 0 aliphatic carbocycles. The summed E-state index contributed by atoms with van der Waals surface area (Å²) in [6.07, 6.45) is 0. The molecular formula is C16H18N2O. The summed E-state index contributed by atoms with van der Waals surface area (Å²) >= 11 is 0. The number of nitrogens with two attached hydrogens (primary N) is 1. The van der Waals surface area contributed by atoms with Crippen LogP contribution in [-0.2, 0) is 6.54 Å². The van der Waals surface area contributed by atoms with E-state index in [2.05, 4.69) is 0 Å². The highest BCUT2D eigenvalue weighted by atomic mass is 16.2. The van der Waals surface area contributed by atoms with Crippen molar-refractivity contribution in [1.29, 1.82) is 0 Å². The van der Waals surface area contributed by atoms with E-state index in [1.807, 2.05) is 48.5 Å². The van der Waals surface area contributed by atoms with Gasteiger partial charge in [-0.05, 0) is 28.8 Å². The van der Waals surface area contributed by atoms with Crippen molar-refractivity contribution in [1.82, 2.24) is 4.90 Å². The maximum Gasteiger partial charge on any atom is 0.253 e. The Balaban J connectivity index is 2.34. The maximum atomic E-state index is 11.9. The Morgan fingerprint density at radius 3 is 2.32 bits per heavy atom. The molecule has 2 rings (SSSR count). The maximum absolute atomic E-state index is 11.9. The first-order chi connectivity index (χ1) is 9.11. The summed E-state index contributed by atoms with van der Waals surface area (Å²) < 4.78 is 0. The second-order valence-electron chi connectivity index (χ2n) is 4.68. The minimum Gasteiger partial charge on any atom is -0.345 e. The van der Waals surface area contributed by atoms with Crippen molar-refractivity contribution >= 4 is 5.91 Å². The number of hydrogen-bond acceptors (Lipinski definition) is 2. The molecule has 2 aromatic rings. The Kier molecular flexibility index (Phi) is 3.97. The first kappa shape index (κ1) is 13.3. The molecule has 0 aromatic heterocycles. The van der Waals surface area contributed by atoms with E-state index in [0.717, 1.165) is 16.7 Å². The molecule has 0 radical (unpaired) electrons. The Hall–Kier alpha value is -2.13. The van der Waals surface area contributed by atoms with Crippen LogP contribution in [0.2, 0.25) is 0 Å². The fourth-order valence-electron chi connectivity index (χ4n) is 1.92. The molecule has 0 saturated heterocycles. The van der Waals surface area contributed by atoms with E-state index in [4.69, 9.17) is 5.73 Å².